The molecule has 10 heteroatoms. The summed E-state index contributed by atoms with van der Waals surface area (Å²) in [5.41, 5.74) is 4.86. The average Bonchev–Trinajstić information content (AvgIpc) is 3.64. The maximum absolute atomic E-state index is 6.01. The molecule has 5 rings (SSSR count). The highest BCUT2D eigenvalue weighted by Gasteiger charge is 2.21. The third-order valence-electron chi connectivity index (χ3n) is 6.26. The minimum absolute atomic E-state index is 0.399. The summed E-state index contributed by atoms with van der Waals surface area (Å²) >= 11 is 5.97. The molecule has 36 heavy (non-hydrogen) atoms. The van der Waals surface area contributed by atoms with Crippen LogP contribution in [-0.4, -0.2) is 54.5 Å². The SMILES string of the molecule is COc1ccc(/C=N/Nc2nc(N3CCCC3)nc(N3CCCC3)n2)cc1OCc1ccc(Cl)cc1. The van der Waals surface area contributed by atoms with E-state index in [1.165, 1.54) is 0 Å². The number of aromatic nitrogens is 3. The molecule has 0 radical (unpaired) electrons. The Labute approximate surface area is 216 Å². The number of hydrazone groups is 1. The first kappa shape index (κ1) is 24.1. The number of hydrogen-bond acceptors (Lipinski definition) is 9. The van der Waals surface area contributed by atoms with Crippen molar-refractivity contribution in [2.24, 2.45) is 5.10 Å². The molecule has 9 nitrogen and oxygen atoms in total. The number of hydrogen-bond donors (Lipinski definition) is 1. The van der Waals surface area contributed by atoms with Crippen LogP contribution in [0, 0.1) is 0 Å². The Balaban J connectivity index is 1.30. The molecule has 2 aliphatic rings. The second-order valence-electron chi connectivity index (χ2n) is 8.84. The lowest BCUT2D eigenvalue weighted by Gasteiger charge is -2.20. The molecule has 0 saturated carbocycles. The van der Waals surface area contributed by atoms with Gasteiger partial charge in [0.05, 0.1) is 13.3 Å². The minimum atomic E-state index is 0.399. The van der Waals surface area contributed by atoms with Crippen LogP contribution in [0.25, 0.3) is 0 Å². The van der Waals surface area contributed by atoms with Crippen molar-refractivity contribution < 1.29 is 9.47 Å². The first-order valence-electron chi connectivity index (χ1n) is 12.3. The molecule has 2 fully saturated rings. The van der Waals surface area contributed by atoms with Crippen molar-refractivity contribution in [2.45, 2.75) is 32.3 Å². The third-order valence-corrected chi connectivity index (χ3v) is 6.52. The highest BCUT2D eigenvalue weighted by Crippen LogP contribution is 2.29. The van der Waals surface area contributed by atoms with E-state index in [9.17, 15) is 0 Å². The quantitative estimate of drug-likeness (QED) is 0.327. The van der Waals surface area contributed by atoms with Crippen molar-refractivity contribution in [2.75, 3.05) is 48.5 Å². The van der Waals surface area contributed by atoms with Crippen LogP contribution in [0.5, 0.6) is 11.5 Å². The Morgan fingerprint density at radius 3 is 2.14 bits per heavy atom. The molecule has 1 aromatic heterocycles. The van der Waals surface area contributed by atoms with Crippen molar-refractivity contribution in [3.8, 4) is 11.5 Å². The lowest BCUT2D eigenvalue weighted by Crippen LogP contribution is -2.25. The summed E-state index contributed by atoms with van der Waals surface area (Å²) in [6.45, 7) is 4.27. The molecule has 0 unspecified atom stereocenters. The Kier molecular flexibility index (Phi) is 7.66. The second-order valence-corrected chi connectivity index (χ2v) is 9.28. The van der Waals surface area contributed by atoms with Gasteiger partial charge in [0.2, 0.25) is 17.8 Å². The lowest BCUT2D eigenvalue weighted by atomic mass is 10.2. The molecule has 3 aromatic rings. The molecular weight excluding hydrogens is 478 g/mol. The van der Waals surface area contributed by atoms with Crippen LogP contribution in [0.2, 0.25) is 5.02 Å². The number of ether oxygens (including phenoxy) is 2. The lowest BCUT2D eigenvalue weighted by molar-refractivity contribution is 0.284. The zero-order chi connectivity index (χ0) is 24.7. The molecule has 0 spiro atoms. The van der Waals surface area contributed by atoms with Crippen LogP contribution in [0.1, 0.15) is 36.8 Å². The van der Waals surface area contributed by atoms with E-state index in [-0.39, 0.29) is 0 Å². The van der Waals surface area contributed by atoms with Gasteiger partial charge in [-0.25, -0.2) is 5.43 Å². The predicted molar refractivity (Wildman–Crippen MR) is 143 cm³/mol. The van der Waals surface area contributed by atoms with Crippen LogP contribution in [-0.2, 0) is 6.61 Å². The number of benzene rings is 2. The summed E-state index contributed by atoms with van der Waals surface area (Å²) in [6, 6.07) is 13.2. The standard InChI is InChI=1S/C26H30ClN7O2/c1-35-22-11-8-20(16-23(22)36-18-19-6-9-21(27)10-7-19)17-28-32-24-29-25(33-12-2-3-13-33)31-26(30-24)34-14-4-5-15-34/h6-11,16-17H,2-5,12-15,18H2,1H3,(H,29,30,31,32)/b28-17+. The molecule has 2 aromatic carbocycles. The molecule has 0 atom stereocenters. The fourth-order valence-corrected chi connectivity index (χ4v) is 4.44. The zero-order valence-electron chi connectivity index (χ0n) is 20.4. The average molecular weight is 508 g/mol. The van der Waals surface area contributed by atoms with Crippen molar-refractivity contribution in [3.63, 3.8) is 0 Å². The normalized spacial score (nSPS) is 15.6. The van der Waals surface area contributed by atoms with E-state index in [2.05, 4.69) is 30.3 Å². The van der Waals surface area contributed by atoms with E-state index in [1.807, 2.05) is 42.5 Å². The maximum Gasteiger partial charge on any atom is 0.250 e. The summed E-state index contributed by atoms with van der Waals surface area (Å²) in [7, 11) is 1.62. The van der Waals surface area contributed by atoms with Gasteiger partial charge in [0.1, 0.15) is 6.61 Å². The number of anilines is 3. The van der Waals surface area contributed by atoms with Gasteiger partial charge < -0.3 is 19.3 Å². The number of nitrogens with zero attached hydrogens (tertiary/aromatic N) is 6. The zero-order valence-corrected chi connectivity index (χ0v) is 21.1. The van der Waals surface area contributed by atoms with Gasteiger partial charge in [0.15, 0.2) is 11.5 Å². The molecule has 2 saturated heterocycles. The van der Waals surface area contributed by atoms with Crippen LogP contribution in [0.4, 0.5) is 17.8 Å². The number of methoxy groups -OCH3 is 1. The number of nitrogens with one attached hydrogen (secondary N) is 1. The van der Waals surface area contributed by atoms with E-state index < -0.39 is 0 Å². The van der Waals surface area contributed by atoms with Crippen LogP contribution in [0.3, 0.4) is 0 Å². The maximum atomic E-state index is 6.01. The fourth-order valence-electron chi connectivity index (χ4n) is 4.31. The largest absolute Gasteiger partial charge is 0.493 e. The van der Waals surface area contributed by atoms with Gasteiger partial charge in [0, 0.05) is 31.2 Å². The molecule has 0 bridgehead atoms. The van der Waals surface area contributed by atoms with E-state index in [1.54, 1.807) is 13.3 Å². The molecule has 1 N–H and O–H groups in total. The summed E-state index contributed by atoms with van der Waals surface area (Å²) in [5, 5.41) is 5.09. The Morgan fingerprint density at radius 1 is 0.889 bits per heavy atom. The topological polar surface area (TPSA) is 88.0 Å². The van der Waals surface area contributed by atoms with Gasteiger partial charge in [-0.2, -0.15) is 20.1 Å². The fraction of sp³-hybridized carbons (Fsp3) is 0.385. The smallest absolute Gasteiger partial charge is 0.250 e. The Morgan fingerprint density at radius 2 is 1.53 bits per heavy atom. The summed E-state index contributed by atoms with van der Waals surface area (Å²) in [6.07, 6.45) is 6.34. The van der Waals surface area contributed by atoms with Crippen LogP contribution in [0.15, 0.2) is 47.6 Å². The van der Waals surface area contributed by atoms with Crippen molar-refractivity contribution >= 4 is 35.7 Å². The molecular formula is C26H30ClN7O2. The second kappa shape index (κ2) is 11.4. The first-order chi connectivity index (χ1) is 17.7. The first-order valence-corrected chi connectivity index (χ1v) is 12.7. The number of halogens is 1. The van der Waals surface area contributed by atoms with E-state index >= 15 is 0 Å². The highest BCUT2D eigenvalue weighted by molar-refractivity contribution is 6.30. The van der Waals surface area contributed by atoms with Gasteiger partial charge in [-0.05, 0) is 67.1 Å². The van der Waals surface area contributed by atoms with E-state index in [0.717, 1.165) is 63.0 Å². The Hall–Kier alpha value is -3.59. The van der Waals surface area contributed by atoms with Gasteiger partial charge in [-0.1, -0.05) is 23.7 Å². The predicted octanol–water partition coefficient (Wildman–Crippen LogP) is 4.76. The summed E-state index contributed by atoms with van der Waals surface area (Å²) < 4.78 is 11.5. The minimum Gasteiger partial charge on any atom is -0.493 e. The number of rotatable bonds is 9. The highest BCUT2D eigenvalue weighted by atomic mass is 35.5. The summed E-state index contributed by atoms with van der Waals surface area (Å²) in [5.74, 6) is 3.15. The molecule has 0 amide bonds. The van der Waals surface area contributed by atoms with Crippen LogP contribution >= 0.6 is 11.6 Å². The van der Waals surface area contributed by atoms with Gasteiger partial charge >= 0.3 is 0 Å². The van der Waals surface area contributed by atoms with Crippen LogP contribution < -0.4 is 24.7 Å². The van der Waals surface area contributed by atoms with Gasteiger partial charge in [-0.15, -0.1) is 0 Å². The molecule has 3 heterocycles. The molecule has 0 aliphatic carbocycles. The van der Waals surface area contributed by atoms with Gasteiger partial charge in [-0.3, -0.25) is 0 Å². The van der Waals surface area contributed by atoms with Crippen molar-refractivity contribution in [3.05, 3.63) is 58.6 Å². The Bertz CT molecular complexity index is 1160. The summed E-state index contributed by atoms with van der Waals surface area (Å²) in [4.78, 5) is 18.4. The van der Waals surface area contributed by atoms with Crippen molar-refractivity contribution in [1.82, 2.24) is 15.0 Å². The molecule has 188 valence electrons. The van der Waals surface area contributed by atoms with Crippen molar-refractivity contribution in [1.29, 1.82) is 0 Å². The molecule has 2 aliphatic heterocycles. The third kappa shape index (κ3) is 5.96. The van der Waals surface area contributed by atoms with E-state index in [0.29, 0.717) is 41.0 Å². The van der Waals surface area contributed by atoms with Gasteiger partial charge in [0.25, 0.3) is 0 Å². The van der Waals surface area contributed by atoms with E-state index in [4.69, 9.17) is 26.1 Å². The monoisotopic (exact) mass is 507 g/mol.